The minimum absolute atomic E-state index is 0.999. The average molecular weight is 316 g/mol. The maximum Gasteiger partial charge on any atom is 0.0632 e. The van der Waals surface area contributed by atoms with E-state index in [1.54, 1.807) is 0 Å². The molecular formula is C22H24N2. The zero-order valence-electron chi connectivity index (χ0n) is 15.1. The predicted octanol–water partition coefficient (Wildman–Crippen LogP) is 5.77. The van der Waals surface area contributed by atoms with Gasteiger partial charge in [-0.05, 0) is 81.6 Å². The van der Waals surface area contributed by atoms with Crippen molar-refractivity contribution in [2.24, 2.45) is 4.99 Å². The van der Waals surface area contributed by atoms with Gasteiger partial charge >= 0.3 is 0 Å². The molecule has 2 heteroatoms. The van der Waals surface area contributed by atoms with E-state index in [-0.39, 0.29) is 0 Å². The molecule has 0 aliphatic heterocycles. The molecule has 122 valence electrons. The Labute approximate surface area is 144 Å². The fourth-order valence-corrected chi connectivity index (χ4v) is 3.03. The van der Waals surface area contributed by atoms with Gasteiger partial charge in [-0.1, -0.05) is 18.2 Å². The number of hydrogen-bond donors (Lipinski definition) is 0. The van der Waals surface area contributed by atoms with E-state index >= 15 is 0 Å². The first-order valence-corrected chi connectivity index (χ1v) is 8.33. The summed E-state index contributed by atoms with van der Waals surface area (Å²) >= 11 is 0. The molecule has 0 aliphatic rings. The van der Waals surface area contributed by atoms with Crippen LogP contribution in [0.4, 0.5) is 5.69 Å². The summed E-state index contributed by atoms with van der Waals surface area (Å²) in [4.78, 5) is 4.67. The second kappa shape index (κ2) is 6.48. The Kier molecular flexibility index (Phi) is 4.39. The largest absolute Gasteiger partial charge is 0.318 e. The molecular weight excluding hydrogens is 292 g/mol. The predicted molar refractivity (Wildman–Crippen MR) is 103 cm³/mol. The molecule has 1 aromatic heterocycles. The van der Waals surface area contributed by atoms with E-state index in [1.165, 1.54) is 33.8 Å². The molecule has 1 heterocycles. The van der Waals surface area contributed by atoms with Crippen molar-refractivity contribution in [2.75, 3.05) is 0 Å². The number of aliphatic imine (C=N–C) groups is 1. The van der Waals surface area contributed by atoms with Crippen LogP contribution < -0.4 is 0 Å². The van der Waals surface area contributed by atoms with E-state index < -0.39 is 0 Å². The maximum atomic E-state index is 4.67. The van der Waals surface area contributed by atoms with E-state index in [0.29, 0.717) is 0 Å². The summed E-state index contributed by atoms with van der Waals surface area (Å²) < 4.78 is 2.29. The summed E-state index contributed by atoms with van der Waals surface area (Å²) in [6.07, 6.45) is 1.97. The molecule has 0 amide bonds. The molecule has 0 fully saturated rings. The lowest BCUT2D eigenvalue weighted by Crippen LogP contribution is -1.99. The lowest BCUT2D eigenvalue weighted by atomic mass is 10.1. The first-order valence-electron chi connectivity index (χ1n) is 8.33. The van der Waals surface area contributed by atoms with Gasteiger partial charge in [0.15, 0.2) is 0 Å². The van der Waals surface area contributed by atoms with Gasteiger partial charge in [-0.2, -0.15) is 0 Å². The Bertz CT molecular complexity index is 914. The molecule has 0 aliphatic carbocycles. The SMILES string of the molecule is Cc1cccc(-n2c(C)cc(C=Nc3ccc(C)c(C)c3)c2C)c1. The van der Waals surface area contributed by atoms with Gasteiger partial charge in [-0.3, -0.25) is 4.99 Å². The number of aromatic nitrogens is 1. The minimum atomic E-state index is 0.999. The Morgan fingerprint density at radius 3 is 2.33 bits per heavy atom. The smallest absolute Gasteiger partial charge is 0.0632 e. The fraction of sp³-hybridized carbons (Fsp3) is 0.227. The van der Waals surface area contributed by atoms with Crippen molar-refractivity contribution in [2.45, 2.75) is 34.6 Å². The standard InChI is InChI=1S/C22H24N2/c1-15-7-6-8-22(11-15)24-18(4)13-20(19(24)5)14-23-21-10-9-16(2)17(3)12-21/h6-14H,1-5H3. The van der Waals surface area contributed by atoms with Crippen LogP contribution in [0.2, 0.25) is 0 Å². The van der Waals surface area contributed by atoms with E-state index in [0.717, 1.165) is 11.3 Å². The number of nitrogens with zero attached hydrogens (tertiary/aromatic N) is 2. The first kappa shape index (κ1) is 16.3. The van der Waals surface area contributed by atoms with Crippen LogP contribution in [0.1, 0.15) is 33.6 Å². The highest BCUT2D eigenvalue weighted by Gasteiger charge is 2.09. The zero-order valence-corrected chi connectivity index (χ0v) is 15.1. The van der Waals surface area contributed by atoms with Gasteiger partial charge in [0, 0.05) is 28.9 Å². The van der Waals surface area contributed by atoms with Crippen LogP contribution in [-0.2, 0) is 0 Å². The third kappa shape index (κ3) is 3.18. The van der Waals surface area contributed by atoms with Crippen molar-refractivity contribution in [3.8, 4) is 5.69 Å². The van der Waals surface area contributed by atoms with E-state index in [2.05, 4.69) is 92.7 Å². The molecule has 0 saturated heterocycles. The second-order valence-electron chi connectivity index (χ2n) is 6.53. The van der Waals surface area contributed by atoms with Crippen molar-refractivity contribution >= 4 is 11.9 Å². The molecule has 3 rings (SSSR count). The molecule has 0 bridgehead atoms. The summed E-state index contributed by atoms with van der Waals surface area (Å²) in [6, 6.07) is 17.1. The second-order valence-corrected chi connectivity index (χ2v) is 6.53. The molecule has 0 spiro atoms. The van der Waals surface area contributed by atoms with E-state index in [9.17, 15) is 0 Å². The van der Waals surface area contributed by atoms with Gasteiger partial charge in [-0.25, -0.2) is 0 Å². The van der Waals surface area contributed by atoms with Crippen LogP contribution in [0.15, 0.2) is 53.5 Å². The summed E-state index contributed by atoms with van der Waals surface area (Å²) in [7, 11) is 0. The third-order valence-electron chi connectivity index (χ3n) is 4.57. The van der Waals surface area contributed by atoms with Gasteiger partial charge in [0.25, 0.3) is 0 Å². The average Bonchev–Trinajstić information content (AvgIpc) is 2.82. The molecule has 0 saturated carbocycles. The third-order valence-corrected chi connectivity index (χ3v) is 4.57. The van der Waals surface area contributed by atoms with Gasteiger partial charge in [0.2, 0.25) is 0 Å². The lowest BCUT2D eigenvalue weighted by Gasteiger charge is -2.10. The van der Waals surface area contributed by atoms with Gasteiger partial charge in [0.05, 0.1) is 5.69 Å². The summed E-state index contributed by atoms with van der Waals surface area (Å²) in [5, 5.41) is 0. The van der Waals surface area contributed by atoms with Crippen molar-refractivity contribution in [3.05, 3.63) is 82.2 Å². The molecule has 0 atom stereocenters. The Morgan fingerprint density at radius 2 is 1.62 bits per heavy atom. The normalized spacial score (nSPS) is 11.4. The van der Waals surface area contributed by atoms with Crippen LogP contribution in [0.5, 0.6) is 0 Å². The van der Waals surface area contributed by atoms with Crippen molar-refractivity contribution in [1.82, 2.24) is 4.57 Å². The Balaban J connectivity index is 1.97. The monoisotopic (exact) mass is 316 g/mol. The highest BCUT2D eigenvalue weighted by atomic mass is 15.0. The summed E-state index contributed by atoms with van der Waals surface area (Å²) in [5.74, 6) is 0. The highest BCUT2D eigenvalue weighted by Crippen LogP contribution is 2.22. The fourth-order valence-electron chi connectivity index (χ4n) is 3.03. The van der Waals surface area contributed by atoms with Gasteiger partial charge < -0.3 is 4.57 Å². The van der Waals surface area contributed by atoms with Crippen LogP contribution in [-0.4, -0.2) is 10.8 Å². The van der Waals surface area contributed by atoms with Gasteiger partial charge in [-0.15, -0.1) is 0 Å². The number of hydrogen-bond acceptors (Lipinski definition) is 1. The number of rotatable bonds is 3. The van der Waals surface area contributed by atoms with Crippen LogP contribution >= 0.6 is 0 Å². The minimum Gasteiger partial charge on any atom is -0.318 e. The topological polar surface area (TPSA) is 17.3 Å². The highest BCUT2D eigenvalue weighted by molar-refractivity contribution is 5.84. The molecule has 2 aromatic carbocycles. The quantitative estimate of drug-likeness (QED) is 0.546. The van der Waals surface area contributed by atoms with Crippen molar-refractivity contribution < 1.29 is 0 Å². The van der Waals surface area contributed by atoms with Crippen LogP contribution in [0, 0.1) is 34.6 Å². The number of aryl methyl sites for hydroxylation is 4. The molecule has 2 nitrogen and oxygen atoms in total. The molecule has 3 aromatic rings. The van der Waals surface area contributed by atoms with Crippen LogP contribution in [0.3, 0.4) is 0 Å². The van der Waals surface area contributed by atoms with Crippen molar-refractivity contribution in [3.63, 3.8) is 0 Å². The van der Waals surface area contributed by atoms with E-state index in [4.69, 9.17) is 0 Å². The van der Waals surface area contributed by atoms with E-state index in [1.807, 2.05) is 6.21 Å². The van der Waals surface area contributed by atoms with Crippen LogP contribution in [0.25, 0.3) is 5.69 Å². The maximum absolute atomic E-state index is 4.67. The molecule has 24 heavy (non-hydrogen) atoms. The molecule has 0 N–H and O–H groups in total. The summed E-state index contributed by atoms with van der Waals surface area (Å²) in [5.41, 5.74) is 9.64. The van der Waals surface area contributed by atoms with Crippen molar-refractivity contribution in [1.29, 1.82) is 0 Å². The van der Waals surface area contributed by atoms with Gasteiger partial charge in [0.1, 0.15) is 0 Å². The lowest BCUT2D eigenvalue weighted by molar-refractivity contribution is 0.963. The first-order chi connectivity index (χ1) is 11.5. The Hall–Kier alpha value is -2.61. The number of benzene rings is 2. The molecule has 0 unspecified atom stereocenters. The summed E-state index contributed by atoms with van der Waals surface area (Å²) in [6.45, 7) is 10.7. The molecule has 0 radical (unpaired) electrons. The Morgan fingerprint density at radius 1 is 0.833 bits per heavy atom. The zero-order chi connectivity index (χ0) is 17.3.